The summed E-state index contributed by atoms with van der Waals surface area (Å²) < 4.78 is 5.88. The Hall–Kier alpha value is -0.0800. The van der Waals surface area contributed by atoms with Crippen molar-refractivity contribution in [2.45, 2.75) is 66.1 Å². The molecule has 0 saturated carbocycles. The smallest absolute Gasteiger partial charge is 0.0674 e. The van der Waals surface area contributed by atoms with Crippen molar-refractivity contribution >= 4 is 0 Å². The Morgan fingerprint density at radius 3 is 2.27 bits per heavy atom. The standard InChI is InChI=1S/C13H29NO/c1-6-7-8-14-10-13(5)15-12(4)9-11(2)3/h11-14H,6-10H2,1-5H3. The van der Waals surface area contributed by atoms with Crippen molar-refractivity contribution in [3.63, 3.8) is 0 Å². The number of rotatable bonds is 9. The van der Waals surface area contributed by atoms with Gasteiger partial charge in [0.15, 0.2) is 0 Å². The summed E-state index contributed by atoms with van der Waals surface area (Å²) in [4.78, 5) is 0. The van der Waals surface area contributed by atoms with Gasteiger partial charge in [0.05, 0.1) is 12.2 Å². The van der Waals surface area contributed by atoms with Gasteiger partial charge in [0.2, 0.25) is 0 Å². The van der Waals surface area contributed by atoms with Gasteiger partial charge in [0.1, 0.15) is 0 Å². The number of hydrogen-bond acceptors (Lipinski definition) is 2. The van der Waals surface area contributed by atoms with Gasteiger partial charge in [0.25, 0.3) is 0 Å². The summed E-state index contributed by atoms with van der Waals surface area (Å²) in [7, 11) is 0. The Morgan fingerprint density at radius 1 is 1.07 bits per heavy atom. The fourth-order valence-electron chi connectivity index (χ4n) is 1.77. The lowest BCUT2D eigenvalue weighted by Gasteiger charge is -2.21. The molecule has 1 N–H and O–H groups in total. The maximum atomic E-state index is 5.88. The second-order valence-corrected chi connectivity index (χ2v) is 4.94. The minimum absolute atomic E-state index is 0.329. The van der Waals surface area contributed by atoms with Crippen LogP contribution in [-0.2, 0) is 4.74 Å². The van der Waals surface area contributed by atoms with Crippen LogP contribution in [0.3, 0.4) is 0 Å². The zero-order chi connectivity index (χ0) is 11.7. The molecule has 0 aliphatic carbocycles. The molecule has 0 aromatic rings. The molecule has 0 bridgehead atoms. The summed E-state index contributed by atoms with van der Waals surface area (Å²) in [6.45, 7) is 13.1. The van der Waals surface area contributed by atoms with Gasteiger partial charge >= 0.3 is 0 Å². The number of ether oxygens (including phenoxy) is 1. The Balaban J connectivity index is 3.42. The Bertz CT molecular complexity index is 136. The van der Waals surface area contributed by atoms with E-state index in [2.05, 4.69) is 39.9 Å². The zero-order valence-electron chi connectivity index (χ0n) is 11.2. The number of unbranched alkanes of at least 4 members (excludes halogenated alkanes) is 1. The van der Waals surface area contributed by atoms with E-state index in [1.807, 2.05) is 0 Å². The van der Waals surface area contributed by atoms with Crippen molar-refractivity contribution < 1.29 is 4.74 Å². The van der Waals surface area contributed by atoms with Crippen molar-refractivity contribution in [1.29, 1.82) is 0 Å². The van der Waals surface area contributed by atoms with Crippen LogP contribution in [0, 0.1) is 5.92 Å². The molecule has 15 heavy (non-hydrogen) atoms. The third-order valence-electron chi connectivity index (χ3n) is 2.41. The highest BCUT2D eigenvalue weighted by atomic mass is 16.5. The van der Waals surface area contributed by atoms with Crippen LogP contribution in [0.5, 0.6) is 0 Å². The van der Waals surface area contributed by atoms with Crippen molar-refractivity contribution in [3.8, 4) is 0 Å². The lowest BCUT2D eigenvalue weighted by Crippen LogP contribution is -2.30. The van der Waals surface area contributed by atoms with Crippen LogP contribution in [0.4, 0.5) is 0 Å². The highest BCUT2D eigenvalue weighted by molar-refractivity contribution is 4.60. The summed E-state index contributed by atoms with van der Waals surface area (Å²) in [5, 5.41) is 3.42. The van der Waals surface area contributed by atoms with Crippen LogP contribution in [0.25, 0.3) is 0 Å². The van der Waals surface area contributed by atoms with Crippen molar-refractivity contribution in [2.75, 3.05) is 13.1 Å². The molecule has 92 valence electrons. The van der Waals surface area contributed by atoms with Crippen LogP contribution >= 0.6 is 0 Å². The second kappa shape index (κ2) is 9.17. The monoisotopic (exact) mass is 215 g/mol. The minimum Gasteiger partial charge on any atom is -0.374 e. The molecule has 0 rings (SSSR count). The van der Waals surface area contributed by atoms with Crippen LogP contribution in [-0.4, -0.2) is 25.3 Å². The van der Waals surface area contributed by atoms with E-state index in [4.69, 9.17) is 4.74 Å². The second-order valence-electron chi connectivity index (χ2n) is 4.94. The highest BCUT2D eigenvalue weighted by Crippen LogP contribution is 2.09. The number of nitrogens with one attached hydrogen (secondary N) is 1. The number of hydrogen-bond donors (Lipinski definition) is 1. The van der Waals surface area contributed by atoms with Gasteiger partial charge in [-0.2, -0.15) is 0 Å². The molecule has 2 unspecified atom stereocenters. The molecule has 0 spiro atoms. The predicted octanol–water partition coefficient (Wildman–Crippen LogP) is 3.22. The van der Waals surface area contributed by atoms with Gasteiger partial charge in [0, 0.05) is 6.54 Å². The lowest BCUT2D eigenvalue weighted by molar-refractivity contribution is -0.000980. The molecule has 2 atom stereocenters. The molecule has 0 saturated heterocycles. The maximum Gasteiger partial charge on any atom is 0.0674 e. The van der Waals surface area contributed by atoms with Gasteiger partial charge in [-0.3, -0.25) is 0 Å². The van der Waals surface area contributed by atoms with E-state index in [1.54, 1.807) is 0 Å². The molecule has 0 aliphatic heterocycles. The first-order valence-corrected chi connectivity index (χ1v) is 6.42. The Labute approximate surface area is 95.8 Å². The Kier molecular flexibility index (Phi) is 9.12. The fraction of sp³-hybridized carbons (Fsp3) is 1.00. The van der Waals surface area contributed by atoms with E-state index in [-0.39, 0.29) is 0 Å². The Morgan fingerprint density at radius 2 is 1.73 bits per heavy atom. The van der Waals surface area contributed by atoms with Crippen LogP contribution < -0.4 is 5.32 Å². The summed E-state index contributed by atoms with van der Waals surface area (Å²) in [5.41, 5.74) is 0. The van der Waals surface area contributed by atoms with Gasteiger partial charge in [-0.05, 0) is 39.2 Å². The maximum absolute atomic E-state index is 5.88. The van der Waals surface area contributed by atoms with Crippen LogP contribution in [0.15, 0.2) is 0 Å². The molecule has 0 radical (unpaired) electrons. The first-order valence-electron chi connectivity index (χ1n) is 6.42. The van der Waals surface area contributed by atoms with Crippen molar-refractivity contribution in [1.82, 2.24) is 5.32 Å². The van der Waals surface area contributed by atoms with E-state index in [1.165, 1.54) is 12.8 Å². The van der Waals surface area contributed by atoms with E-state index in [9.17, 15) is 0 Å². The molecule has 0 amide bonds. The molecule has 2 heteroatoms. The van der Waals surface area contributed by atoms with E-state index in [0.29, 0.717) is 12.2 Å². The van der Waals surface area contributed by atoms with E-state index in [0.717, 1.165) is 25.4 Å². The summed E-state index contributed by atoms with van der Waals surface area (Å²) >= 11 is 0. The summed E-state index contributed by atoms with van der Waals surface area (Å²) in [5.74, 6) is 0.722. The molecule has 0 aromatic carbocycles. The fourth-order valence-corrected chi connectivity index (χ4v) is 1.77. The minimum atomic E-state index is 0.329. The average Bonchev–Trinajstić information content (AvgIpc) is 2.10. The third kappa shape index (κ3) is 10.2. The van der Waals surface area contributed by atoms with E-state index < -0.39 is 0 Å². The van der Waals surface area contributed by atoms with Gasteiger partial charge < -0.3 is 10.1 Å². The first-order chi connectivity index (χ1) is 7.06. The predicted molar refractivity (Wildman–Crippen MR) is 67.2 cm³/mol. The van der Waals surface area contributed by atoms with Gasteiger partial charge in [-0.25, -0.2) is 0 Å². The van der Waals surface area contributed by atoms with Gasteiger partial charge in [-0.1, -0.05) is 27.2 Å². The summed E-state index contributed by atoms with van der Waals surface area (Å²) in [6, 6.07) is 0. The zero-order valence-corrected chi connectivity index (χ0v) is 11.2. The van der Waals surface area contributed by atoms with Crippen LogP contribution in [0.1, 0.15) is 53.9 Å². The van der Waals surface area contributed by atoms with E-state index >= 15 is 0 Å². The van der Waals surface area contributed by atoms with Gasteiger partial charge in [-0.15, -0.1) is 0 Å². The topological polar surface area (TPSA) is 21.3 Å². The molecular weight excluding hydrogens is 186 g/mol. The third-order valence-corrected chi connectivity index (χ3v) is 2.41. The molecule has 0 aromatic heterocycles. The average molecular weight is 215 g/mol. The quantitative estimate of drug-likeness (QED) is 0.596. The molecule has 2 nitrogen and oxygen atoms in total. The summed E-state index contributed by atoms with van der Waals surface area (Å²) in [6.07, 6.45) is 4.38. The van der Waals surface area contributed by atoms with Crippen molar-refractivity contribution in [2.24, 2.45) is 5.92 Å². The molecule has 0 heterocycles. The normalized spacial score (nSPS) is 15.6. The molecule has 0 fully saturated rings. The molecular formula is C13H29NO. The largest absolute Gasteiger partial charge is 0.374 e. The SMILES string of the molecule is CCCCNCC(C)OC(C)CC(C)C. The molecule has 0 aliphatic rings. The lowest BCUT2D eigenvalue weighted by atomic mass is 10.1. The first kappa shape index (κ1) is 14.9. The van der Waals surface area contributed by atoms with Crippen molar-refractivity contribution in [3.05, 3.63) is 0 Å². The van der Waals surface area contributed by atoms with Crippen LogP contribution in [0.2, 0.25) is 0 Å². The highest BCUT2D eigenvalue weighted by Gasteiger charge is 2.09.